The Morgan fingerprint density at radius 2 is 1.00 bits per heavy atom. The topological polar surface area (TPSA) is 58.9 Å². The average molecular weight is 467 g/mol. The van der Waals surface area contributed by atoms with E-state index in [-0.39, 0.29) is 37.6 Å². The molecule has 0 amide bonds. The van der Waals surface area contributed by atoms with Crippen molar-refractivity contribution in [1.29, 1.82) is 0 Å². The van der Waals surface area contributed by atoms with E-state index in [1.54, 1.807) is 0 Å². The molecule has 34 heavy (non-hydrogen) atoms. The molecule has 2 rings (SSSR count). The molecule has 0 aliphatic carbocycles. The largest absolute Gasteiger partial charge is 0.396 e. The second kappa shape index (κ2) is 15.6. The molecule has 0 aromatic heterocycles. The van der Waals surface area contributed by atoms with Crippen LogP contribution >= 0.6 is 0 Å². The predicted molar refractivity (Wildman–Crippen MR) is 140 cm³/mol. The first-order valence-corrected chi connectivity index (χ1v) is 12.3. The molecule has 2 unspecified atom stereocenters. The zero-order valence-electron chi connectivity index (χ0n) is 20.9. The second-order valence-corrected chi connectivity index (χ2v) is 9.24. The first-order chi connectivity index (χ1) is 16.4. The Kier molecular flexibility index (Phi) is 12.9. The summed E-state index contributed by atoms with van der Waals surface area (Å²) in [6, 6.07) is 20.3. The van der Waals surface area contributed by atoms with Crippen LogP contribution in [-0.4, -0.2) is 35.6 Å². The van der Waals surface area contributed by atoms with Crippen molar-refractivity contribution in [2.75, 3.05) is 13.2 Å². The highest BCUT2D eigenvalue weighted by Gasteiger charge is 2.23. The molecule has 0 spiro atoms. The maximum atomic E-state index is 9.69. The number of hydrogen-bond acceptors (Lipinski definition) is 4. The standard InChI is InChI=1S/C30H42O4/c1-23(2)21-29(25-11-7-5-8-12-25)33-27(17-19-31)15-16-28(18-20-32)34-30(22-24(3)4)26-13-9-6-10-14-26/h5-14,27-32H,1,3,15-22H2,2,4H3/t27-,28+,29?,30?. The van der Waals surface area contributed by atoms with Gasteiger partial charge in [-0.3, -0.25) is 0 Å². The summed E-state index contributed by atoms with van der Waals surface area (Å²) >= 11 is 0. The lowest BCUT2D eigenvalue weighted by molar-refractivity contribution is -0.0573. The Balaban J connectivity index is 2.09. The number of rotatable bonds is 17. The van der Waals surface area contributed by atoms with E-state index in [4.69, 9.17) is 9.47 Å². The number of ether oxygens (including phenoxy) is 2. The minimum absolute atomic E-state index is 0.0626. The van der Waals surface area contributed by atoms with Gasteiger partial charge in [0.15, 0.2) is 0 Å². The quantitative estimate of drug-likeness (QED) is 0.254. The third-order valence-corrected chi connectivity index (χ3v) is 5.84. The van der Waals surface area contributed by atoms with Gasteiger partial charge >= 0.3 is 0 Å². The smallest absolute Gasteiger partial charge is 0.0865 e. The monoisotopic (exact) mass is 466 g/mol. The lowest BCUT2D eigenvalue weighted by Crippen LogP contribution is -2.24. The number of benzene rings is 2. The number of aliphatic hydroxyl groups is 2. The Morgan fingerprint density at radius 1 is 0.647 bits per heavy atom. The first kappa shape index (κ1) is 28.0. The van der Waals surface area contributed by atoms with Gasteiger partial charge in [-0.15, -0.1) is 13.2 Å². The van der Waals surface area contributed by atoms with Crippen LogP contribution in [0.25, 0.3) is 0 Å². The summed E-state index contributed by atoms with van der Waals surface area (Å²) in [5, 5.41) is 19.4. The second-order valence-electron chi connectivity index (χ2n) is 9.24. The fourth-order valence-corrected chi connectivity index (χ4v) is 4.14. The van der Waals surface area contributed by atoms with Gasteiger partial charge in [-0.2, -0.15) is 0 Å². The lowest BCUT2D eigenvalue weighted by Gasteiger charge is -2.29. The van der Waals surface area contributed by atoms with Crippen molar-refractivity contribution in [3.8, 4) is 0 Å². The molecule has 4 nitrogen and oxygen atoms in total. The van der Waals surface area contributed by atoms with Gasteiger partial charge in [0.1, 0.15) is 0 Å². The normalized spacial score (nSPS) is 14.8. The first-order valence-electron chi connectivity index (χ1n) is 12.3. The van der Waals surface area contributed by atoms with Gasteiger partial charge in [-0.05, 0) is 63.5 Å². The van der Waals surface area contributed by atoms with Crippen LogP contribution < -0.4 is 0 Å². The van der Waals surface area contributed by atoms with Gasteiger partial charge < -0.3 is 19.7 Å². The Labute approximate surface area is 205 Å². The van der Waals surface area contributed by atoms with Gasteiger partial charge in [0.2, 0.25) is 0 Å². The minimum atomic E-state index is -0.115. The molecule has 2 aromatic carbocycles. The third kappa shape index (κ3) is 10.4. The molecule has 0 radical (unpaired) electrons. The van der Waals surface area contributed by atoms with Crippen molar-refractivity contribution >= 4 is 0 Å². The highest BCUT2D eigenvalue weighted by Crippen LogP contribution is 2.31. The summed E-state index contributed by atoms with van der Waals surface area (Å²) in [6.07, 6.45) is 3.61. The molecule has 0 heterocycles. The van der Waals surface area contributed by atoms with E-state index in [1.165, 1.54) is 0 Å². The van der Waals surface area contributed by atoms with Gasteiger partial charge in [-0.25, -0.2) is 0 Å². The summed E-state index contributed by atoms with van der Waals surface area (Å²) in [5.41, 5.74) is 4.34. The minimum Gasteiger partial charge on any atom is -0.396 e. The molecule has 0 bridgehead atoms. The molecule has 2 N–H and O–H groups in total. The molecule has 0 saturated carbocycles. The van der Waals surface area contributed by atoms with Crippen molar-refractivity contribution in [2.45, 2.75) is 76.8 Å². The van der Waals surface area contributed by atoms with Crippen molar-refractivity contribution < 1.29 is 19.7 Å². The fraction of sp³-hybridized carbons (Fsp3) is 0.467. The van der Waals surface area contributed by atoms with E-state index in [0.29, 0.717) is 12.8 Å². The number of hydrogen-bond donors (Lipinski definition) is 2. The molecule has 0 saturated heterocycles. The lowest BCUT2D eigenvalue weighted by atomic mass is 10.00. The average Bonchev–Trinajstić information content (AvgIpc) is 2.82. The maximum absolute atomic E-state index is 9.69. The van der Waals surface area contributed by atoms with E-state index in [9.17, 15) is 10.2 Å². The highest BCUT2D eigenvalue weighted by atomic mass is 16.5. The molecule has 4 atom stereocenters. The summed E-state index contributed by atoms with van der Waals surface area (Å²) in [4.78, 5) is 0. The Bertz CT molecular complexity index is 762. The third-order valence-electron chi connectivity index (χ3n) is 5.84. The van der Waals surface area contributed by atoms with Crippen molar-refractivity contribution in [2.24, 2.45) is 0 Å². The number of aliphatic hydroxyl groups excluding tert-OH is 2. The summed E-state index contributed by atoms with van der Waals surface area (Å²) in [6.45, 7) is 12.3. The summed E-state index contributed by atoms with van der Waals surface area (Å²) < 4.78 is 13.0. The highest BCUT2D eigenvalue weighted by molar-refractivity contribution is 5.20. The Morgan fingerprint density at radius 3 is 1.29 bits per heavy atom. The van der Waals surface area contributed by atoms with Gasteiger partial charge in [0.25, 0.3) is 0 Å². The van der Waals surface area contributed by atoms with E-state index in [2.05, 4.69) is 37.4 Å². The molecular formula is C30H42O4. The van der Waals surface area contributed by atoms with Crippen LogP contribution in [0.3, 0.4) is 0 Å². The maximum Gasteiger partial charge on any atom is 0.0865 e. The van der Waals surface area contributed by atoms with E-state index in [1.807, 2.05) is 50.2 Å². The molecule has 0 fully saturated rings. The summed E-state index contributed by atoms with van der Waals surface area (Å²) in [7, 11) is 0. The van der Waals surface area contributed by atoms with Crippen molar-refractivity contribution in [1.82, 2.24) is 0 Å². The van der Waals surface area contributed by atoms with Gasteiger partial charge in [0.05, 0.1) is 24.4 Å². The molecule has 0 aliphatic rings. The Hall–Kier alpha value is -2.24. The molecule has 0 aliphatic heterocycles. The van der Waals surface area contributed by atoms with Crippen LogP contribution in [0.1, 0.15) is 75.7 Å². The van der Waals surface area contributed by atoms with Crippen LogP contribution in [0, 0.1) is 0 Å². The molecular weight excluding hydrogens is 424 g/mol. The molecule has 186 valence electrons. The zero-order chi connectivity index (χ0) is 24.8. The van der Waals surface area contributed by atoms with Crippen molar-refractivity contribution in [3.05, 3.63) is 96.1 Å². The van der Waals surface area contributed by atoms with Gasteiger partial charge in [-0.1, -0.05) is 71.8 Å². The molecule has 4 heteroatoms. The molecule has 2 aromatic rings. The van der Waals surface area contributed by atoms with Crippen molar-refractivity contribution in [3.63, 3.8) is 0 Å². The van der Waals surface area contributed by atoms with Crippen LogP contribution in [0.2, 0.25) is 0 Å². The van der Waals surface area contributed by atoms with Crippen LogP contribution in [-0.2, 0) is 9.47 Å². The van der Waals surface area contributed by atoms with Crippen LogP contribution in [0.15, 0.2) is 85.0 Å². The zero-order valence-corrected chi connectivity index (χ0v) is 20.9. The summed E-state index contributed by atoms with van der Waals surface area (Å²) in [5.74, 6) is 0. The predicted octanol–water partition coefficient (Wildman–Crippen LogP) is 6.72. The van der Waals surface area contributed by atoms with Gasteiger partial charge in [0, 0.05) is 13.2 Å². The van der Waals surface area contributed by atoms with E-state index in [0.717, 1.165) is 48.0 Å². The SMILES string of the molecule is C=C(C)CC(O[C@H](CCO)CC[C@H](CCO)OC(CC(=C)C)c1ccccc1)c1ccccc1. The fourth-order valence-electron chi connectivity index (χ4n) is 4.14. The van der Waals surface area contributed by atoms with E-state index < -0.39 is 0 Å². The van der Waals surface area contributed by atoms with E-state index >= 15 is 0 Å². The van der Waals surface area contributed by atoms with Crippen LogP contribution in [0.5, 0.6) is 0 Å². The van der Waals surface area contributed by atoms with Crippen LogP contribution in [0.4, 0.5) is 0 Å².